The predicted octanol–water partition coefficient (Wildman–Crippen LogP) is 6.36. The van der Waals surface area contributed by atoms with Crippen LogP contribution in [-0.4, -0.2) is 15.5 Å². The topological polar surface area (TPSA) is 76.0 Å². The number of hydrogen-bond acceptors (Lipinski definition) is 4. The average Bonchev–Trinajstić information content (AvgIpc) is 2.84. The Balaban J connectivity index is 1.63. The zero-order chi connectivity index (χ0) is 26.0. The second-order valence-corrected chi connectivity index (χ2v) is 10.1. The summed E-state index contributed by atoms with van der Waals surface area (Å²) in [5.74, 6) is 0.0671. The number of amides is 1. The normalized spacial score (nSPS) is 11.3. The van der Waals surface area contributed by atoms with Gasteiger partial charge in [0.2, 0.25) is 0 Å². The van der Waals surface area contributed by atoms with Crippen LogP contribution in [0.25, 0.3) is 11.3 Å². The molecule has 1 heterocycles. The summed E-state index contributed by atoms with van der Waals surface area (Å²) < 4.78 is 1.51. The van der Waals surface area contributed by atoms with Crippen LogP contribution in [0.2, 0.25) is 0 Å². The maximum Gasteiger partial charge on any atom is 0.293 e. The highest BCUT2D eigenvalue weighted by Gasteiger charge is 2.16. The first-order chi connectivity index (χ1) is 17.0. The number of nitrogens with zero attached hydrogens (tertiary/aromatic N) is 2. The van der Waals surface area contributed by atoms with E-state index in [1.165, 1.54) is 10.1 Å². The lowest BCUT2D eigenvalue weighted by molar-refractivity contribution is 0.102. The zero-order valence-corrected chi connectivity index (χ0v) is 21.6. The van der Waals surface area contributed by atoms with Gasteiger partial charge >= 0.3 is 0 Å². The summed E-state index contributed by atoms with van der Waals surface area (Å²) in [4.78, 5) is 30.4. The van der Waals surface area contributed by atoms with Crippen LogP contribution in [0.3, 0.4) is 0 Å². The van der Waals surface area contributed by atoms with E-state index in [0.717, 1.165) is 22.4 Å². The monoisotopic (exact) mass is 480 g/mol. The summed E-state index contributed by atoms with van der Waals surface area (Å²) in [6, 6.07) is 21.2. The maximum atomic E-state index is 13.0. The number of carbonyl (C=O) groups is 1. The van der Waals surface area contributed by atoms with Crippen molar-refractivity contribution in [2.24, 2.45) is 7.05 Å². The molecule has 0 aliphatic heterocycles. The van der Waals surface area contributed by atoms with Gasteiger partial charge in [0.05, 0.1) is 5.69 Å². The molecule has 4 aromatic rings. The first-order valence-electron chi connectivity index (χ1n) is 12.0. The summed E-state index contributed by atoms with van der Waals surface area (Å²) >= 11 is 0. The quantitative estimate of drug-likeness (QED) is 0.349. The fourth-order valence-corrected chi connectivity index (χ4v) is 3.96. The molecule has 4 rings (SSSR count). The van der Waals surface area contributed by atoms with E-state index < -0.39 is 0 Å². The fraction of sp³-hybridized carbons (Fsp3) is 0.233. The Morgan fingerprint density at radius 2 is 1.58 bits per heavy atom. The Bertz CT molecular complexity index is 1460. The summed E-state index contributed by atoms with van der Waals surface area (Å²) in [5, 5.41) is 6.17. The van der Waals surface area contributed by atoms with Gasteiger partial charge < -0.3 is 15.2 Å². The molecule has 6 nitrogen and oxygen atoms in total. The molecule has 0 fully saturated rings. The molecule has 6 heteroatoms. The maximum absolute atomic E-state index is 13.0. The number of aryl methyl sites for hydroxylation is 2. The molecule has 0 radical (unpaired) electrons. The minimum atomic E-state index is -0.222. The largest absolute Gasteiger partial charge is 0.336 e. The van der Waals surface area contributed by atoms with E-state index in [1.54, 1.807) is 13.2 Å². The molecule has 0 spiro atoms. The summed E-state index contributed by atoms with van der Waals surface area (Å²) in [6.07, 6.45) is 1.71. The number of aromatic nitrogens is 2. The highest BCUT2D eigenvalue weighted by atomic mass is 16.1. The molecule has 3 aromatic carbocycles. The minimum Gasteiger partial charge on any atom is -0.336 e. The van der Waals surface area contributed by atoms with Crippen LogP contribution < -0.4 is 16.2 Å². The molecular formula is C30H32N4O2. The van der Waals surface area contributed by atoms with E-state index in [0.29, 0.717) is 16.9 Å². The molecule has 0 unspecified atom stereocenters. The zero-order valence-electron chi connectivity index (χ0n) is 21.6. The van der Waals surface area contributed by atoms with Gasteiger partial charge in [0.1, 0.15) is 0 Å². The number of hydrogen-bond donors (Lipinski definition) is 2. The smallest absolute Gasteiger partial charge is 0.293 e. The molecule has 1 aromatic heterocycles. The van der Waals surface area contributed by atoms with E-state index in [-0.39, 0.29) is 22.7 Å². The van der Waals surface area contributed by atoms with Crippen LogP contribution in [-0.2, 0) is 12.5 Å². The van der Waals surface area contributed by atoms with Crippen molar-refractivity contribution in [3.63, 3.8) is 0 Å². The summed E-state index contributed by atoms with van der Waals surface area (Å²) in [7, 11) is 1.70. The molecule has 0 atom stereocenters. The van der Waals surface area contributed by atoms with E-state index >= 15 is 0 Å². The molecule has 0 saturated heterocycles. The first-order valence-corrected chi connectivity index (χ1v) is 12.0. The number of benzene rings is 3. The second kappa shape index (κ2) is 9.82. The van der Waals surface area contributed by atoms with E-state index in [2.05, 4.69) is 36.4 Å². The van der Waals surface area contributed by atoms with Gasteiger partial charge in [0.15, 0.2) is 5.82 Å². The van der Waals surface area contributed by atoms with E-state index in [1.807, 2.05) is 80.6 Å². The van der Waals surface area contributed by atoms with Crippen molar-refractivity contribution in [1.82, 2.24) is 9.55 Å². The Morgan fingerprint density at radius 1 is 0.917 bits per heavy atom. The van der Waals surface area contributed by atoms with Crippen LogP contribution in [0.15, 0.2) is 77.7 Å². The molecular weight excluding hydrogens is 448 g/mol. The van der Waals surface area contributed by atoms with Crippen molar-refractivity contribution in [3.05, 3.63) is 106 Å². The lowest BCUT2D eigenvalue weighted by Crippen LogP contribution is -2.21. The van der Waals surface area contributed by atoms with Crippen molar-refractivity contribution >= 4 is 23.1 Å². The number of nitrogens with one attached hydrogen (secondary N) is 2. The van der Waals surface area contributed by atoms with Crippen LogP contribution in [0.4, 0.5) is 17.2 Å². The third-order valence-electron chi connectivity index (χ3n) is 6.26. The lowest BCUT2D eigenvalue weighted by Gasteiger charge is -2.19. The Hall–Kier alpha value is -4.19. The molecule has 184 valence electrons. The number of rotatable bonds is 5. The molecule has 0 aliphatic rings. The lowest BCUT2D eigenvalue weighted by atomic mass is 9.86. The molecule has 0 aliphatic carbocycles. The van der Waals surface area contributed by atoms with E-state index in [9.17, 15) is 9.59 Å². The third kappa shape index (κ3) is 5.38. The van der Waals surface area contributed by atoms with Gasteiger partial charge in [-0.25, -0.2) is 4.98 Å². The van der Waals surface area contributed by atoms with Crippen molar-refractivity contribution in [3.8, 4) is 11.3 Å². The van der Waals surface area contributed by atoms with Gasteiger partial charge in [-0.2, -0.15) is 0 Å². The van der Waals surface area contributed by atoms with Gasteiger partial charge in [-0.15, -0.1) is 0 Å². The van der Waals surface area contributed by atoms with Gasteiger partial charge in [0, 0.05) is 35.7 Å². The van der Waals surface area contributed by atoms with Crippen LogP contribution in [0, 0.1) is 13.8 Å². The highest BCUT2D eigenvalue weighted by Crippen LogP contribution is 2.29. The van der Waals surface area contributed by atoms with Crippen LogP contribution in [0.1, 0.15) is 47.8 Å². The van der Waals surface area contributed by atoms with E-state index in [4.69, 9.17) is 0 Å². The second-order valence-electron chi connectivity index (χ2n) is 10.1. The van der Waals surface area contributed by atoms with Gasteiger partial charge in [-0.3, -0.25) is 9.59 Å². The van der Waals surface area contributed by atoms with Gasteiger partial charge in [-0.05, 0) is 60.7 Å². The molecule has 2 N–H and O–H groups in total. The minimum absolute atomic E-state index is 0.0237. The van der Waals surface area contributed by atoms with Crippen molar-refractivity contribution < 1.29 is 4.79 Å². The molecule has 36 heavy (non-hydrogen) atoms. The van der Waals surface area contributed by atoms with Crippen molar-refractivity contribution in [1.29, 1.82) is 0 Å². The molecule has 0 bridgehead atoms. The Labute approximate surface area is 212 Å². The predicted molar refractivity (Wildman–Crippen MR) is 147 cm³/mol. The fourth-order valence-electron chi connectivity index (χ4n) is 3.96. The Morgan fingerprint density at radius 3 is 2.22 bits per heavy atom. The number of carbonyl (C=O) groups excluding carboxylic acids is 1. The van der Waals surface area contributed by atoms with Crippen molar-refractivity contribution in [2.45, 2.75) is 40.0 Å². The first kappa shape index (κ1) is 24.9. The highest BCUT2D eigenvalue weighted by molar-refractivity contribution is 6.05. The molecule has 1 amide bonds. The Kier molecular flexibility index (Phi) is 6.80. The van der Waals surface area contributed by atoms with Gasteiger partial charge in [-0.1, -0.05) is 62.7 Å². The van der Waals surface area contributed by atoms with Gasteiger partial charge in [0.25, 0.3) is 11.5 Å². The number of anilines is 3. The summed E-state index contributed by atoms with van der Waals surface area (Å²) in [5.41, 5.74) is 6.52. The summed E-state index contributed by atoms with van der Waals surface area (Å²) in [6.45, 7) is 10.4. The standard InChI is InChI=1S/C30H32N4O2/c1-19-10-16-23(17-11-19)31-27-29(36)34(6)18-26(32-27)24-8-7-9-25(20(24)2)33-28(35)21-12-14-22(15-13-21)30(3,4)5/h7-18H,1-6H3,(H,31,32)(H,33,35). The van der Waals surface area contributed by atoms with Crippen LogP contribution >= 0.6 is 0 Å². The van der Waals surface area contributed by atoms with Crippen molar-refractivity contribution in [2.75, 3.05) is 10.6 Å². The van der Waals surface area contributed by atoms with Crippen LogP contribution in [0.5, 0.6) is 0 Å². The average molecular weight is 481 g/mol. The SMILES string of the molecule is Cc1ccc(Nc2nc(-c3cccc(NC(=O)c4ccc(C(C)(C)C)cc4)c3C)cn(C)c2=O)cc1. The molecule has 0 saturated carbocycles. The third-order valence-corrected chi connectivity index (χ3v) is 6.26.